The number of piperidine rings is 1. The molecular formula is C19H24N2O2S. The minimum absolute atomic E-state index is 0.184. The lowest BCUT2D eigenvalue weighted by atomic mass is 10.1. The van der Waals surface area contributed by atoms with E-state index in [1.54, 1.807) is 0 Å². The fraction of sp³-hybridized carbons (Fsp3) is 0.474. The van der Waals surface area contributed by atoms with Gasteiger partial charge in [-0.25, -0.2) is 0 Å². The Balaban J connectivity index is 1.52. The normalized spacial score (nSPS) is 15.7. The second kappa shape index (κ2) is 7.43. The van der Waals surface area contributed by atoms with E-state index in [9.17, 15) is 4.79 Å². The topological polar surface area (TPSA) is 46.3 Å². The Kier molecular flexibility index (Phi) is 5.29. The molecule has 0 radical (unpaired) electrons. The van der Waals surface area contributed by atoms with E-state index in [-0.39, 0.29) is 5.91 Å². The van der Waals surface area contributed by atoms with Gasteiger partial charge in [0.1, 0.15) is 5.76 Å². The number of hydrogen-bond acceptors (Lipinski definition) is 4. The summed E-state index contributed by atoms with van der Waals surface area (Å²) in [5, 5.41) is 4.52. The predicted molar refractivity (Wildman–Crippen MR) is 96.3 cm³/mol. The van der Waals surface area contributed by atoms with Crippen molar-refractivity contribution in [2.24, 2.45) is 0 Å². The third kappa shape index (κ3) is 4.01. The van der Waals surface area contributed by atoms with E-state index in [2.05, 4.69) is 36.3 Å². The molecule has 3 rings (SSSR count). The molecule has 2 heterocycles. The van der Waals surface area contributed by atoms with Gasteiger partial charge in [0.15, 0.2) is 0 Å². The molecule has 5 heteroatoms. The number of rotatable bonds is 4. The number of aromatic nitrogens is 1. The van der Waals surface area contributed by atoms with Gasteiger partial charge in [-0.2, -0.15) is 0 Å². The van der Waals surface area contributed by atoms with Crippen molar-refractivity contribution in [1.82, 2.24) is 10.1 Å². The summed E-state index contributed by atoms with van der Waals surface area (Å²) in [6, 6.07) is 8.65. The number of carbonyl (C=O) groups is 1. The van der Waals surface area contributed by atoms with Crippen molar-refractivity contribution in [3.05, 3.63) is 46.8 Å². The van der Waals surface area contributed by atoms with E-state index in [1.165, 1.54) is 10.5 Å². The molecule has 0 aliphatic carbocycles. The number of hydrogen-bond donors (Lipinski definition) is 0. The van der Waals surface area contributed by atoms with Crippen LogP contribution in [-0.4, -0.2) is 34.3 Å². The van der Waals surface area contributed by atoms with Crippen LogP contribution in [0.25, 0.3) is 0 Å². The molecule has 2 aromatic rings. The summed E-state index contributed by atoms with van der Waals surface area (Å²) in [5.41, 5.74) is 3.06. The average molecular weight is 344 g/mol. The molecule has 1 amide bonds. The van der Waals surface area contributed by atoms with Crippen molar-refractivity contribution in [2.75, 3.05) is 13.1 Å². The van der Waals surface area contributed by atoms with E-state index in [0.29, 0.717) is 11.7 Å². The molecule has 0 unspecified atom stereocenters. The Morgan fingerprint density at radius 1 is 1.29 bits per heavy atom. The minimum atomic E-state index is 0.184. The number of carbonyl (C=O) groups excluding carboxylic acids is 1. The summed E-state index contributed by atoms with van der Waals surface area (Å²) >= 11 is 1.94. The van der Waals surface area contributed by atoms with Crippen molar-refractivity contribution in [2.45, 2.75) is 50.2 Å². The largest absolute Gasteiger partial charge is 0.361 e. The number of nitrogens with zero attached hydrogens (tertiary/aromatic N) is 2. The molecule has 1 fully saturated rings. The number of thioether (sulfide) groups is 1. The van der Waals surface area contributed by atoms with Crippen LogP contribution < -0.4 is 0 Å². The highest BCUT2D eigenvalue weighted by molar-refractivity contribution is 8.00. The van der Waals surface area contributed by atoms with Gasteiger partial charge in [0, 0.05) is 28.8 Å². The van der Waals surface area contributed by atoms with Crippen LogP contribution in [0.5, 0.6) is 0 Å². The van der Waals surface area contributed by atoms with Gasteiger partial charge in [-0.05, 0) is 45.7 Å². The molecule has 0 atom stereocenters. The molecule has 0 spiro atoms. The fourth-order valence-electron chi connectivity index (χ4n) is 3.12. The van der Waals surface area contributed by atoms with Gasteiger partial charge in [0.25, 0.3) is 0 Å². The van der Waals surface area contributed by atoms with E-state index in [4.69, 9.17) is 4.52 Å². The Bertz CT molecular complexity index is 698. The van der Waals surface area contributed by atoms with Gasteiger partial charge in [-0.1, -0.05) is 22.9 Å². The van der Waals surface area contributed by atoms with Crippen molar-refractivity contribution in [3.63, 3.8) is 0 Å². The standard InChI is InChI=1S/C19H24N2O2S/c1-13-5-4-6-17(11-13)24-16-7-9-21(10-8-16)19(22)12-18-14(2)20-23-15(18)3/h4-6,11,16H,7-10,12H2,1-3H3. The molecule has 1 aromatic carbocycles. The van der Waals surface area contributed by atoms with Gasteiger partial charge >= 0.3 is 0 Å². The average Bonchev–Trinajstić information content (AvgIpc) is 2.87. The summed E-state index contributed by atoms with van der Waals surface area (Å²) in [7, 11) is 0. The summed E-state index contributed by atoms with van der Waals surface area (Å²) in [5.74, 6) is 0.939. The molecule has 1 aliphatic rings. The molecule has 4 nitrogen and oxygen atoms in total. The number of amides is 1. The summed E-state index contributed by atoms with van der Waals surface area (Å²) < 4.78 is 5.15. The molecule has 1 aromatic heterocycles. The molecule has 1 saturated heterocycles. The molecule has 1 aliphatic heterocycles. The zero-order chi connectivity index (χ0) is 17.1. The van der Waals surface area contributed by atoms with Gasteiger partial charge in [0.2, 0.25) is 5.91 Å². The van der Waals surface area contributed by atoms with Crippen molar-refractivity contribution in [3.8, 4) is 0 Å². The summed E-state index contributed by atoms with van der Waals surface area (Å²) in [6.45, 7) is 7.56. The quantitative estimate of drug-likeness (QED) is 0.843. The highest BCUT2D eigenvalue weighted by atomic mass is 32.2. The molecule has 128 valence electrons. The third-order valence-electron chi connectivity index (χ3n) is 4.60. The van der Waals surface area contributed by atoms with Crippen LogP contribution in [0.4, 0.5) is 0 Å². The van der Waals surface area contributed by atoms with Gasteiger partial charge in [-0.3, -0.25) is 4.79 Å². The fourth-order valence-corrected chi connectivity index (χ4v) is 4.36. The third-order valence-corrected chi connectivity index (χ3v) is 5.93. The molecule has 0 bridgehead atoms. The first-order valence-electron chi connectivity index (χ1n) is 8.46. The monoisotopic (exact) mass is 344 g/mol. The smallest absolute Gasteiger partial charge is 0.227 e. The predicted octanol–water partition coefficient (Wildman–Crippen LogP) is 3.93. The van der Waals surface area contributed by atoms with Crippen molar-refractivity contribution >= 4 is 17.7 Å². The zero-order valence-electron chi connectivity index (χ0n) is 14.5. The van der Waals surface area contributed by atoms with E-state index < -0.39 is 0 Å². The lowest BCUT2D eigenvalue weighted by Crippen LogP contribution is -2.40. The Morgan fingerprint density at radius 3 is 2.67 bits per heavy atom. The maximum absolute atomic E-state index is 12.5. The van der Waals surface area contributed by atoms with Gasteiger partial charge in [0.05, 0.1) is 12.1 Å². The number of aryl methyl sites for hydroxylation is 3. The van der Waals surface area contributed by atoms with E-state index >= 15 is 0 Å². The van der Waals surface area contributed by atoms with Crippen LogP contribution >= 0.6 is 11.8 Å². The second-order valence-electron chi connectivity index (χ2n) is 6.49. The molecule has 24 heavy (non-hydrogen) atoms. The maximum atomic E-state index is 12.5. The van der Waals surface area contributed by atoms with Gasteiger partial charge < -0.3 is 9.42 Å². The van der Waals surface area contributed by atoms with Gasteiger partial charge in [-0.15, -0.1) is 11.8 Å². The van der Waals surface area contributed by atoms with Crippen LogP contribution in [-0.2, 0) is 11.2 Å². The Hall–Kier alpha value is -1.75. The number of likely N-dealkylation sites (tertiary alicyclic amines) is 1. The van der Waals surface area contributed by atoms with Crippen LogP contribution in [0.1, 0.15) is 35.4 Å². The van der Waals surface area contributed by atoms with E-state index in [1.807, 2.05) is 30.5 Å². The highest BCUT2D eigenvalue weighted by Gasteiger charge is 2.25. The lowest BCUT2D eigenvalue weighted by molar-refractivity contribution is -0.131. The van der Waals surface area contributed by atoms with Crippen LogP contribution in [0.2, 0.25) is 0 Å². The molecular weight excluding hydrogens is 320 g/mol. The Morgan fingerprint density at radius 2 is 2.04 bits per heavy atom. The highest BCUT2D eigenvalue weighted by Crippen LogP contribution is 2.31. The van der Waals surface area contributed by atoms with Crippen LogP contribution in [0.15, 0.2) is 33.7 Å². The minimum Gasteiger partial charge on any atom is -0.361 e. The van der Waals surface area contributed by atoms with Crippen LogP contribution in [0.3, 0.4) is 0 Å². The molecule has 0 N–H and O–H groups in total. The lowest BCUT2D eigenvalue weighted by Gasteiger charge is -2.31. The Labute approximate surface area is 147 Å². The first-order valence-corrected chi connectivity index (χ1v) is 9.33. The molecule has 0 saturated carbocycles. The first kappa shape index (κ1) is 17.1. The van der Waals surface area contributed by atoms with Crippen molar-refractivity contribution < 1.29 is 9.32 Å². The first-order chi connectivity index (χ1) is 11.5. The van der Waals surface area contributed by atoms with E-state index in [0.717, 1.165) is 42.9 Å². The van der Waals surface area contributed by atoms with Crippen LogP contribution in [0, 0.1) is 20.8 Å². The number of benzene rings is 1. The second-order valence-corrected chi connectivity index (χ2v) is 7.87. The SMILES string of the molecule is Cc1cccc(SC2CCN(C(=O)Cc3c(C)noc3C)CC2)c1. The zero-order valence-corrected chi connectivity index (χ0v) is 15.4. The maximum Gasteiger partial charge on any atom is 0.227 e. The summed E-state index contributed by atoms with van der Waals surface area (Å²) in [4.78, 5) is 15.8. The summed E-state index contributed by atoms with van der Waals surface area (Å²) in [6.07, 6.45) is 2.49. The van der Waals surface area contributed by atoms with Crippen molar-refractivity contribution in [1.29, 1.82) is 0 Å².